The first-order chi connectivity index (χ1) is 7.33. The molecule has 3 nitrogen and oxygen atoms in total. The Hall–Kier alpha value is -0.610. The molecule has 84 valence electrons. The Labute approximate surface area is 98.6 Å². The van der Waals surface area contributed by atoms with Gasteiger partial charge in [-0.3, -0.25) is 0 Å². The number of aromatic nitrogens is 1. The van der Waals surface area contributed by atoms with Crippen LogP contribution < -0.4 is 4.74 Å². The SMILES string of the molecule is OCCCCCCOc1cc(Br)ccn1. The van der Waals surface area contributed by atoms with Crippen LogP contribution in [0.5, 0.6) is 5.88 Å². The Balaban J connectivity index is 2.10. The number of hydrogen-bond donors (Lipinski definition) is 1. The summed E-state index contributed by atoms with van der Waals surface area (Å²) in [5.41, 5.74) is 0. The highest BCUT2D eigenvalue weighted by Crippen LogP contribution is 2.14. The maximum absolute atomic E-state index is 8.58. The number of ether oxygens (including phenoxy) is 1. The van der Waals surface area contributed by atoms with E-state index in [1.54, 1.807) is 6.20 Å². The number of rotatable bonds is 7. The molecule has 0 bridgehead atoms. The molecule has 0 aliphatic carbocycles. The highest BCUT2D eigenvalue weighted by atomic mass is 79.9. The van der Waals surface area contributed by atoms with Gasteiger partial charge in [0, 0.05) is 23.3 Å². The fourth-order valence-electron chi connectivity index (χ4n) is 1.21. The first kappa shape index (κ1) is 12.5. The van der Waals surface area contributed by atoms with E-state index in [1.165, 1.54) is 0 Å². The van der Waals surface area contributed by atoms with Crippen molar-refractivity contribution < 1.29 is 9.84 Å². The summed E-state index contributed by atoms with van der Waals surface area (Å²) in [6, 6.07) is 3.72. The third kappa shape index (κ3) is 5.74. The van der Waals surface area contributed by atoms with Crippen LogP contribution in [-0.4, -0.2) is 23.3 Å². The van der Waals surface area contributed by atoms with Crippen molar-refractivity contribution in [2.24, 2.45) is 0 Å². The molecule has 0 saturated heterocycles. The minimum atomic E-state index is 0.286. The molecule has 0 spiro atoms. The van der Waals surface area contributed by atoms with Crippen LogP contribution in [0, 0.1) is 0 Å². The lowest BCUT2D eigenvalue weighted by Crippen LogP contribution is -1.99. The monoisotopic (exact) mass is 273 g/mol. The Morgan fingerprint density at radius 2 is 2.07 bits per heavy atom. The lowest BCUT2D eigenvalue weighted by molar-refractivity contribution is 0.270. The van der Waals surface area contributed by atoms with Crippen LogP contribution in [0.3, 0.4) is 0 Å². The van der Waals surface area contributed by atoms with Crippen molar-refractivity contribution in [1.29, 1.82) is 0 Å². The van der Waals surface area contributed by atoms with E-state index in [2.05, 4.69) is 20.9 Å². The van der Waals surface area contributed by atoms with Gasteiger partial charge in [-0.25, -0.2) is 4.98 Å². The van der Waals surface area contributed by atoms with Crippen molar-refractivity contribution in [2.75, 3.05) is 13.2 Å². The van der Waals surface area contributed by atoms with Gasteiger partial charge in [0.15, 0.2) is 0 Å². The molecule has 15 heavy (non-hydrogen) atoms. The lowest BCUT2D eigenvalue weighted by atomic mass is 10.2. The molecule has 0 fully saturated rings. The van der Waals surface area contributed by atoms with Gasteiger partial charge in [0.1, 0.15) is 0 Å². The molecule has 0 unspecified atom stereocenters. The lowest BCUT2D eigenvalue weighted by Gasteiger charge is -2.04. The van der Waals surface area contributed by atoms with Crippen LogP contribution in [0.2, 0.25) is 0 Å². The molecule has 0 aliphatic heterocycles. The number of aliphatic hydroxyl groups is 1. The number of unbranched alkanes of at least 4 members (excludes halogenated alkanes) is 3. The van der Waals surface area contributed by atoms with Gasteiger partial charge in [-0.05, 0) is 25.3 Å². The third-order valence-corrected chi connectivity index (χ3v) is 2.49. The van der Waals surface area contributed by atoms with E-state index in [0.717, 1.165) is 30.2 Å². The van der Waals surface area contributed by atoms with E-state index >= 15 is 0 Å². The molecule has 0 saturated carbocycles. The van der Waals surface area contributed by atoms with E-state index in [4.69, 9.17) is 9.84 Å². The van der Waals surface area contributed by atoms with Gasteiger partial charge >= 0.3 is 0 Å². The first-order valence-electron chi connectivity index (χ1n) is 5.18. The van der Waals surface area contributed by atoms with E-state index in [1.807, 2.05) is 12.1 Å². The fraction of sp³-hybridized carbons (Fsp3) is 0.545. The van der Waals surface area contributed by atoms with E-state index in [0.29, 0.717) is 12.5 Å². The molecule has 0 aromatic carbocycles. The Morgan fingerprint density at radius 1 is 1.27 bits per heavy atom. The van der Waals surface area contributed by atoms with Crippen LogP contribution in [0.25, 0.3) is 0 Å². The van der Waals surface area contributed by atoms with Crippen LogP contribution in [0.1, 0.15) is 25.7 Å². The topological polar surface area (TPSA) is 42.4 Å². The summed E-state index contributed by atoms with van der Waals surface area (Å²) in [7, 11) is 0. The standard InChI is InChI=1S/C11H16BrNO2/c12-10-5-6-13-11(9-10)15-8-4-2-1-3-7-14/h5-6,9,14H,1-4,7-8H2. The zero-order valence-corrected chi connectivity index (χ0v) is 10.2. The highest BCUT2D eigenvalue weighted by Gasteiger charge is 1.96. The molecular weight excluding hydrogens is 258 g/mol. The molecular formula is C11H16BrNO2. The van der Waals surface area contributed by atoms with Gasteiger partial charge in [0.25, 0.3) is 0 Å². The van der Waals surface area contributed by atoms with Crippen molar-refractivity contribution in [2.45, 2.75) is 25.7 Å². The minimum Gasteiger partial charge on any atom is -0.478 e. The second-order valence-corrected chi connectivity index (χ2v) is 4.21. The predicted molar refractivity (Wildman–Crippen MR) is 63.0 cm³/mol. The number of hydrogen-bond acceptors (Lipinski definition) is 3. The molecule has 1 aromatic heterocycles. The average Bonchev–Trinajstić information content (AvgIpc) is 2.23. The molecule has 0 amide bonds. The quantitative estimate of drug-likeness (QED) is 0.777. The summed E-state index contributed by atoms with van der Waals surface area (Å²) in [5, 5.41) is 8.58. The molecule has 0 radical (unpaired) electrons. The number of halogens is 1. The Kier molecular flexibility index (Phi) is 6.36. The van der Waals surface area contributed by atoms with Crippen molar-refractivity contribution in [3.8, 4) is 5.88 Å². The number of aliphatic hydroxyl groups excluding tert-OH is 1. The summed E-state index contributed by atoms with van der Waals surface area (Å²) in [4.78, 5) is 4.08. The fourth-order valence-corrected chi connectivity index (χ4v) is 1.52. The van der Waals surface area contributed by atoms with Crippen LogP contribution >= 0.6 is 15.9 Å². The van der Waals surface area contributed by atoms with Gasteiger partial charge in [-0.1, -0.05) is 22.4 Å². The van der Waals surface area contributed by atoms with Gasteiger partial charge in [-0.15, -0.1) is 0 Å². The highest BCUT2D eigenvalue weighted by molar-refractivity contribution is 9.10. The van der Waals surface area contributed by atoms with Crippen LogP contribution in [0.15, 0.2) is 22.8 Å². The average molecular weight is 274 g/mol. The van der Waals surface area contributed by atoms with Gasteiger partial charge in [0.2, 0.25) is 5.88 Å². The third-order valence-electron chi connectivity index (χ3n) is 2.00. The molecule has 1 heterocycles. The number of pyridine rings is 1. The Bertz CT molecular complexity index is 281. The van der Waals surface area contributed by atoms with Crippen molar-refractivity contribution in [1.82, 2.24) is 4.98 Å². The Morgan fingerprint density at radius 3 is 2.80 bits per heavy atom. The van der Waals surface area contributed by atoms with Gasteiger partial charge in [0.05, 0.1) is 6.61 Å². The zero-order valence-electron chi connectivity index (χ0n) is 8.66. The molecule has 1 N–H and O–H groups in total. The van der Waals surface area contributed by atoms with E-state index in [-0.39, 0.29) is 6.61 Å². The molecule has 0 aliphatic rings. The molecule has 0 atom stereocenters. The normalized spacial score (nSPS) is 10.3. The predicted octanol–water partition coefficient (Wildman–Crippen LogP) is 2.78. The smallest absolute Gasteiger partial charge is 0.214 e. The van der Waals surface area contributed by atoms with Gasteiger partial charge in [-0.2, -0.15) is 0 Å². The van der Waals surface area contributed by atoms with E-state index < -0.39 is 0 Å². The van der Waals surface area contributed by atoms with E-state index in [9.17, 15) is 0 Å². The number of nitrogens with zero attached hydrogens (tertiary/aromatic N) is 1. The van der Waals surface area contributed by atoms with Crippen molar-refractivity contribution in [3.63, 3.8) is 0 Å². The minimum absolute atomic E-state index is 0.286. The maximum Gasteiger partial charge on any atom is 0.214 e. The summed E-state index contributed by atoms with van der Waals surface area (Å²) in [6.07, 6.45) is 5.76. The summed E-state index contributed by atoms with van der Waals surface area (Å²) in [6.45, 7) is 0.975. The largest absolute Gasteiger partial charge is 0.478 e. The van der Waals surface area contributed by atoms with Crippen molar-refractivity contribution >= 4 is 15.9 Å². The first-order valence-corrected chi connectivity index (χ1v) is 5.97. The van der Waals surface area contributed by atoms with Crippen LogP contribution in [-0.2, 0) is 0 Å². The summed E-state index contributed by atoms with van der Waals surface area (Å²) >= 11 is 3.36. The van der Waals surface area contributed by atoms with Crippen molar-refractivity contribution in [3.05, 3.63) is 22.8 Å². The second kappa shape index (κ2) is 7.65. The second-order valence-electron chi connectivity index (χ2n) is 3.30. The van der Waals surface area contributed by atoms with Gasteiger partial charge < -0.3 is 9.84 Å². The summed E-state index contributed by atoms with van der Waals surface area (Å²) < 4.78 is 6.44. The van der Waals surface area contributed by atoms with Crippen LogP contribution in [0.4, 0.5) is 0 Å². The zero-order chi connectivity index (χ0) is 10.9. The molecule has 1 rings (SSSR count). The molecule has 1 aromatic rings. The summed E-state index contributed by atoms with van der Waals surface area (Å²) in [5.74, 6) is 0.659. The molecule has 4 heteroatoms. The maximum atomic E-state index is 8.58.